The second-order valence-electron chi connectivity index (χ2n) is 4.40. The van der Waals surface area contributed by atoms with E-state index in [0.29, 0.717) is 24.0 Å². The van der Waals surface area contributed by atoms with E-state index in [2.05, 4.69) is 10.6 Å². The van der Waals surface area contributed by atoms with Gasteiger partial charge in [-0.1, -0.05) is 18.2 Å². The molecule has 110 valence electrons. The molecule has 2 rings (SSSR count). The van der Waals surface area contributed by atoms with E-state index in [9.17, 15) is 4.39 Å². The van der Waals surface area contributed by atoms with E-state index < -0.39 is 0 Å². The highest BCUT2D eigenvalue weighted by Gasteiger charge is 2.00. The first kappa shape index (κ1) is 15.3. The minimum atomic E-state index is -0.299. The van der Waals surface area contributed by atoms with Gasteiger partial charge >= 0.3 is 0 Å². The number of anilines is 1. The van der Waals surface area contributed by atoms with E-state index in [4.69, 9.17) is 17.0 Å². The zero-order chi connectivity index (χ0) is 15.1. The van der Waals surface area contributed by atoms with E-state index in [1.54, 1.807) is 12.1 Å². The Balaban J connectivity index is 1.87. The third-order valence-electron chi connectivity index (χ3n) is 2.75. The fourth-order valence-electron chi connectivity index (χ4n) is 1.84. The van der Waals surface area contributed by atoms with Gasteiger partial charge < -0.3 is 15.4 Å². The van der Waals surface area contributed by atoms with Crippen LogP contribution in [0.5, 0.6) is 5.75 Å². The summed E-state index contributed by atoms with van der Waals surface area (Å²) in [6, 6.07) is 14.0. The largest absolute Gasteiger partial charge is 0.494 e. The van der Waals surface area contributed by atoms with E-state index in [1.807, 2.05) is 31.2 Å². The molecule has 3 nitrogen and oxygen atoms in total. The third kappa shape index (κ3) is 5.04. The molecule has 0 aromatic heterocycles. The van der Waals surface area contributed by atoms with Gasteiger partial charge in [-0.15, -0.1) is 0 Å². The Morgan fingerprint density at radius 2 is 2.00 bits per heavy atom. The van der Waals surface area contributed by atoms with Gasteiger partial charge in [-0.05, 0) is 55.0 Å². The van der Waals surface area contributed by atoms with Gasteiger partial charge in [0.1, 0.15) is 11.6 Å². The van der Waals surface area contributed by atoms with Crippen LogP contribution in [-0.2, 0) is 6.54 Å². The number of hydrogen-bond acceptors (Lipinski definition) is 2. The number of ether oxygens (including phenoxy) is 1. The summed E-state index contributed by atoms with van der Waals surface area (Å²) in [5.41, 5.74) is 1.68. The van der Waals surface area contributed by atoms with Gasteiger partial charge in [0.2, 0.25) is 0 Å². The van der Waals surface area contributed by atoms with Crippen LogP contribution in [-0.4, -0.2) is 11.7 Å². The van der Waals surface area contributed by atoms with Crippen molar-refractivity contribution < 1.29 is 9.13 Å². The number of nitrogens with one attached hydrogen (secondary N) is 2. The lowest BCUT2D eigenvalue weighted by molar-refractivity contribution is 0.340. The van der Waals surface area contributed by atoms with E-state index in [-0.39, 0.29) is 5.82 Å². The summed E-state index contributed by atoms with van der Waals surface area (Å²) >= 11 is 5.19. The number of halogens is 1. The van der Waals surface area contributed by atoms with Gasteiger partial charge in [-0.3, -0.25) is 0 Å². The summed E-state index contributed by atoms with van der Waals surface area (Å²) < 4.78 is 18.5. The fraction of sp³-hybridized carbons (Fsp3) is 0.188. The van der Waals surface area contributed by atoms with Crippen LogP contribution in [0.15, 0.2) is 48.5 Å². The van der Waals surface area contributed by atoms with Crippen LogP contribution in [0.2, 0.25) is 0 Å². The second kappa shape index (κ2) is 7.59. The lowest BCUT2D eigenvalue weighted by Crippen LogP contribution is -2.27. The third-order valence-corrected chi connectivity index (χ3v) is 2.99. The topological polar surface area (TPSA) is 33.3 Å². The molecule has 0 aliphatic heterocycles. The monoisotopic (exact) mass is 304 g/mol. The molecule has 0 radical (unpaired) electrons. The van der Waals surface area contributed by atoms with Gasteiger partial charge in [0, 0.05) is 12.2 Å². The van der Waals surface area contributed by atoms with Crippen molar-refractivity contribution in [2.45, 2.75) is 13.5 Å². The highest BCUT2D eigenvalue weighted by Crippen LogP contribution is 2.13. The molecule has 0 amide bonds. The summed E-state index contributed by atoms with van der Waals surface area (Å²) in [5.74, 6) is 0.535. The Morgan fingerprint density at radius 3 is 2.76 bits per heavy atom. The van der Waals surface area contributed by atoms with Crippen molar-refractivity contribution in [3.63, 3.8) is 0 Å². The second-order valence-corrected chi connectivity index (χ2v) is 4.81. The Hall–Kier alpha value is -2.14. The van der Waals surface area contributed by atoms with Crippen molar-refractivity contribution >= 4 is 23.0 Å². The molecule has 0 aliphatic rings. The van der Waals surface area contributed by atoms with Crippen LogP contribution in [0, 0.1) is 5.82 Å². The summed E-state index contributed by atoms with van der Waals surface area (Å²) in [5, 5.41) is 6.47. The average molecular weight is 304 g/mol. The lowest BCUT2D eigenvalue weighted by atomic mass is 10.2. The van der Waals surface area contributed by atoms with E-state index in [1.165, 1.54) is 12.1 Å². The lowest BCUT2D eigenvalue weighted by Gasteiger charge is -2.11. The van der Waals surface area contributed by atoms with Crippen molar-refractivity contribution in [1.82, 2.24) is 5.32 Å². The molecule has 2 N–H and O–H groups in total. The molecule has 0 heterocycles. The van der Waals surface area contributed by atoms with Crippen molar-refractivity contribution in [1.29, 1.82) is 0 Å². The number of rotatable bonds is 5. The van der Waals surface area contributed by atoms with Gasteiger partial charge in [-0.2, -0.15) is 0 Å². The summed E-state index contributed by atoms with van der Waals surface area (Å²) in [7, 11) is 0. The van der Waals surface area contributed by atoms with Crippen molar-refractivity contribution in [2.75, 3.05) is 11.9 Å². The predicted molar refractivity (Wildman–Crippen MR) is 87.1 cm³/mol. The predicted octanol–water partition coefficient (Wildman–Crippen LogP) is 3.71. The molecule has 0 unspecified atom stereocenters. The molecular weight excluding hydrogens is 287 g/mol. The van der Waals surface area contributed by atoms with Crippen LogP contribution in [0.1, 0.15) is 12.5 Å². The summed E-state index contributed by atoms with van der Waals surface area (Å²) in [6.07, 6.45) is 0. The molecule has 2 aromatic rings. The molecule has 0 saturated heterocycles. The van der Waals surface area contributed by atoms with Crippen molar-refractivity contribution in [2.24, 2.45) is 0 Å². The standard InChI is InChI=1S/C16H17FN2OS/c1-2-20-15-8-3-5-12(9-15)11-18-16(21)19-14-7-4-6-13(17)10-14/h3-10H,2,11H2,1H3,(H2,18,19,21). The maximum atomic E-state index is 13.1. The van der Waals surface area contributed by atoms with Crippen LogP contribution in [0.4, 0.5) is 10.1 Å². The Bertz CT molecular complexity index is 619. The van der Waals surface area contributed by atoms with Gasteiger partial charge in [0.05, 0.1) is 6.61 Å². The minimum absolute atomic E-state index is 0.299. The fourth-order valence-corrected chi connectivity index (χ4v) is 2.03. The molecule has 5 heteroatoms. The van der Waals surface area contributed by atoms with Gasteiger partial charge in [0.15, 0.2) is 5.11 Å². The Kier molecular flexibility index (Phi) is 5.51. The Morgan fingerprint density at radius 1 is 1.19 bits per heavy atom. The zero-order valence-corrected chi connectivity index (χ0v) is 12.5. The first-order valence-corrected chi connectivity index (χ1v) is 7.10. The molecule has 0 fully saturated rings. The summed E-state index contributed by atoms with van der Waals surface area (Å²) in [4.78, 5) is 0. The van der Waals surface area contributed by atoms with Crippen LogP contribution in [0.25, 0.3) is 0 Å². The van der Waals surface area contributed by atoms with E-state index >= 15 is 0 Å². The number of thiocarbonyl (C=S) groups is 1. The van der Waals surface area contributed by atoms with Crippen LogP contribution < -0.4 is 15.4 Å². The highest BCUT2D eigenvalue weighted by molar-refractivity contribution is 7.80. The van der Waals surface area contributed by atoms with Crippen LogP contribution >= 0.6 is 12.2 Å². The van der Waals surface area contributed by atoms with Crippen LogP contribution in [0.3, 0.4) is 0 Å². The maximum absolute atomic E-state index is 13.1. The molecule has 0 spiro atoms. The maximum Gasteiger partial charge on any atom is 0.171 e. The SMILES string of the molecule is CCOc1cccc(CNC(=S)Nc2cccc(F)c2)c1. The normalized spacial score (nSPS) is 10.0. The zero-order valence-electron chi connectivity index (χ0n) is 11.7. The van der Waals surface area contributed by atoms with Crippen molar-refractivity contribution in [3.05, 3.63) is 59.9 Å². The number of benzene rings is 2. The average Bonchev–Trinajstić information content (AvgIpc) is 2.46. The highest BCUT2D eigenvalue weighted by atomic mass is 32.1. The van der Waals surface area contributed by atoms with Gasteiger partial charge in [-0.25, -0.2) is 4.39 Å². The first-order valence-electron chi connectivity index (χ1n) is 6.69. The molecule has 0 atom stereocenters. The molecule has 2 aromatic carbocycles. The molecule has 21 heavy (non-hydrogen) atoms. The number of hydrogen-bond donors (Lipinski definition) is 2. The molecule has 0 aliphatic carbocycles. The quantitative estimate of drug-likeness (QED) is 0.825. The van der Waals surface area contributed by atoms with Gasteiger partial charge in [0.25, 0.3) is 0 Å². The Labute approximate surface area is 129 Å². The smallest absolute Gasteiger partial charge is 0.171 e. The van der Waals surface area contributed by atoms with Crippen molar-refractivity contribution in [3.8, 4) is 5.75 Å². The molecule has 0 saturated carbocycles. The molecular formula is C16H17FN2OS. The molecule has 0 bridgehead atoms. The van der Waals surface area contributed by atoms with E-state index in [0.717, 1.165) is 11.3 Å². The minimum Gasteiger partial charge on any atom is -0.494 e. The summed E-state index contributed by atoms with van der Waals surface area (Å²) in [6.45, 7) is 3.15. The first-order chi connectivity index (χ1) is 10.2.